The lowest BCUT2D eigenvalue weighted by atomic mass is 10.4. The number of aldehydes is 1. The first kappa shape index (κ1) is 8.57. The van der Waals surface area contributed by atoms with E-state index in [1.54, 1.807) is 12.1 Å². The summed E-state index contributed by atoms with van der Waals surface area (Å²) in [5, 5.41) is 0. The number of carbonyl (C=O) groups is 1. The van der Waals surface area contributed by atoms with Crippen LogP contribution in [0.3, 0.4) is 0 Å². The van der Waals surface area contributed by atoms with Crippen molar-refractivity contribution in [3.05, 3.63) is 23.7 Å². The van der Waals surface area contributed by atoms with Gasteiger partial charge in [-0.15, -0.1) is 6.42 Å². The largest absolute Gasteiger partial charge is 0.456 e. The average molecular weight is 164 g/mol. The Morgan fingerprint density at radius 2 is 2.50 bits per heavy atom. The second-order valence-electron chi connectivity index (χ2n) is 2.12. The van der Waals surface area contributed by atoms with Gasteiger partial charge in [0.05, 0.1) is 0 Å². The van der Waals surface area contributed by atoms with Gasteiger partial charge < -0.3 is 9.15 Å². The van der Waals surface area contributed by atoms with Crippen LogP contribution in [0.5, 0.6) is 0 Å². The zero-order valence-corrected chi connectivity index (χ0v) is 6.45. The normalized spacial score (nSPS) is 9.25. The molecule has 0 atom stereocenters. The van der Waals surface area contributed by atoms with Crippen molar-refractivity contribution in [3.8, 4) is 12.3 Å². The van der Waals surface area contributed by atoms with Gasteiger partial charge in [0, 0.05) is 0 Å². The van der Waals surface area contributed by atoms with Gasteiger partial charge in [-0.05, 0) is 12.1 Å². The summed E-state index contributed by atoms with van der Waals surface area (Å²) in [4.78, 5) is 10.2. The quantitative estimate of drug-likeness (QED) is 0.382. The maximum Gasteiger partial charge on any atom is 0.185 e. The van der Waals surface area contributed by atoms with Crippen molar-refractivity contribution in [1.29, 1.82) is 0 Å². The molecule has 0 saturated carbocycles. The van der Waals surface area contributed by atoms with Gasteiger partial charge >= 0.3 is 0 Å². The van der Waals surface area contributed by atoms with Crippen molar-refractivity contribution in [2.45, 2.75) is 6.61 Å². The smallest absolute Gasteiger partial charge is 0.185 e. The first-order valence-corrected chi connectivity index (χ1v) is 3.42. The SMILES string of the molecule is C#CCOCc1ccc(C=O)o1. The van der Waals surface area contributed by atoms with Gasteiger partial charge in [0.25, 0.3) is 0 Å². The van der Waals surface area contributed by atoms with Crippen LogP contribution in [0.25, 0.3) is 0 Å². The lowest BCUT2D eigenvalue weighted by Gasteiger charge is -1.94. The molecule has 0 bridgehead atoms. The van der Waals surface area contributed by atoms with Gasteiger partial charge in [-0.2, -0.15) is 0 Å². The molecule has 0 amide bonds. The van der Waals surface area contributed by atoms with E-state index in [2.05, 4.69) is 5.92 Å². The van der Waals surface area contributed by atoms with E-state index in [1.165, 1.54) is 0 Å². The third-order valence-electron chi connectivity index (χ3n) is 1.23. The minimum atomic E-state index is 0.247. The van der Waals surface area contributed by atoms with Crippen molar-refractivity contribution in [2.24, 2.45) is 0 Å². The lowest BCUT2D eigenvalue weighted by molar-refractivity contribution is 0.108. The molecule has 0 aliphatic rings. The molecule has 0 fully saturated rings. The molecule has 3 nitrogen and oxygen atoms in total. The molecule has 1 aromatic rings. The van der Waals surface area contributed by atoms with Crippen LogP contribution in [0, 0.1) is 12.3 Å². The molecule has 0 aliphatic heterocycles. The number of terminal acetylenes is 1. The maximum atomic E-state index is 10.2. The van der Waals surface area contributed by atoms with E-state index in [-0.39, 0.29) is 6.61 Å². The molecule has 0 aliphatic carbocycles. The Hall–Kier alpha value is -1.53. The zero-order chi connectivity index (χ0) is 8.81. The van der Waals surface area contributed by atoms with Gasteiger partial charge in [-0.1, -0.05) is 5.92 Å². The second kappa shape index (κ2) is 4.37. The maximum absolute atomic E-state index is 10.2. The van der Waals surface area contributed by atoms with Crippen LogP contribution in [0.4, 0.5) is 0 Å². The summed E-state index contributed by atoms with van der Waals surface area (Å²) >= 11 is 0. The standard InChI is InChI=1S/C9H8O3/c1-2-5-11-7-9-4-3-8(6-10)12-9/h1,3-4,6H,5,7H2. The molecule has 12 heavy (non-hydrogen) atoms. The molecule has 1 heterocycles. The van der Waals surface area contributed by atoms with E-state index >= 15 is 0 Å². The molecule has 0 aromatic carbocycles. The molecular weight excluding hydrogens is 156 g/mol. The summed E-state index contributed by atoms with van der Waals surface area (Å²) in [7, 11) is 0. The number of carbonyl (C=O) groups excluding carboxylic acids is 1. The molecule has 3 heteroatoms. The van der Waals surface area contributed by atoms with Crippen LogP contribution in [0.1, 0.15) is 16.3 Å². The second-order valence-corrected chi connectivity index (χ2v) is 2.12. The van der Waals surface area contributed by atoms with Crippen molar-refractivity contribution >= 4 is 6.29 Å². The van der Waals surface area contributed by atoms with Gasteiger partial charge in [0.15, 0.2) is 12.0 Å². The van der Waals surface area contributed by atoms with Gasteiger partial charge in [-0.25, -0.2) is 0 Å². The molecule has 0 spiro atoms. The lowest BCUT2D eigenvalue weighted by Crippen LogP contribution is -1.90. The molecular formula is C9H8O3. The van der Waals surface area contributed by atoms with E-state index in [0.29, 0.717) is 24.4 Å². The van der Waals surface area contributed by atoms with Crippen LogP contribution in [0.2, 0.25) is 0 Å². The highest BCUT2D eigenvalue weighted by molar-refractivity contribution is 5.70. The minimum absolute atomic E-state index is 0.247. The number of hydrogen-bond acceptors (Lipinski definition) is 3. The van der Waals surface area contributed by atoms with Crippen LogP contribution in [-0.4, -0.2) is 12.9 Å². The first-order valence-electron chi connectivity index (χ1n) is 3.42. The molecule has 1 aromatic heterocycles. The summed E-state index contributed by atoms with van der Waals surface area (Å²) in [6.45, 7) is 0.551. The predicted molar refractivity (Wildman–Crippen MR) is 42.6 cm³/mol. The Labute approximate surface area is 70.3 Å². The molecule has 0 radical (unpaired) electrons. The van der Waals surface area contributed by atoms with Gasteiger partial charge in [0.1, 0.15) is 19.0 Å². The minimum Gasteiger partial charge on any atom is -0.456 e. The van der Waals surface area contributed by atoms with Crippen LogP contribution in [-0.2, 0) is 11.3 Å². The van der Waals surface area contributed by atoms with Crippen LogP contribution >= 0.6 is 0 Å². The Kier molecular flexibility index (Phi) is 3.12. The topological polar surface area (TPSA) is 39.4 Å². The van der Waals surface area contributed by atoms with E-state index < -0.39 is 0 Å². The summed E-state index contributed by atoms with van der Waals surface area (Å²) in [5.41, 5.74) is 0. The Morgan fingerprint density at radius 3 is 3.08 bits per heavy atom. The van der Waals surface area contributed by atoms with Crippen molar-refractivity contribution in [2.75, 3.05) is 6.61 Å². The number of rotatable bonds is 4. The molecule has 0 unspecified atom stereocenters. The average Bonchev–Trinajstić information content (AvgIpc) is 2.53. The molecule has 1 rings (SSSR count). The number of hydrogen-bond donors (Lipinski definition) is 0. The number of furan rings is 1. The fourth-order valence-electron chi connectivity index (χ4n) is 0.746. The third kappa shape index (κ3) is 2.26. The molecule has 0 N–H and O–H groups in total. The summed E-state index contributed by atoms with van der Waals surface area (Å²) in [6, 6.07) is 3.27. The van der Waals surface area contributed by atoms with Crippen molar-refractivity contribution in [1.82, 2.24) is 0 Å². The third-order valence-corrected chi connectivity index (χ3v) is 1.23. The monoisotopic (exact) mass is 164 g/mol. The highest BCUT2D eigenvalue weighted by Gasteiger charge is 1.99. The number of ether oxygens (including phenoxy) is 1. The fraction of sp³-hybridized carbons (Fsp3) is 0.222. The van der Waals surface area contributed by atoms with Crippen molar-refractivity contribution < 1.29 is 13.9 Å². The summed E-state index contributed by atoms with van der Waals surface area (Å²) in [5.74, 6) is 3.23. The fourth-order valence-corrected chi connectivity index (χ4v) is 0.746. The predicted octanol–water partition coefficient (Wildman–Crippen LogP) is 1.24. The van der Waals surface area contributed by atoms with Gasteiger partial charge in [0.2, 0.25) is 0 Å². The molecule has 0 saturated heterocycles. The Balaban J connectivity index is 2.42. The zero-order valence-electron chi connectivity index (χ0n) is 6.45. The molecule has 62 valence electrons. The van der Waals surface area contributed by atoms with Gasteiger partial charge in [-0.3, -0.25) is 4.79 Å². The highest BCUT2D eigenvalue weighted by Crippen LogP contribution is 2.06. The summed E-state index contributed by atoms with van der Waals surface area (Å²) in [6.07, 6.45) is 5.61. The van der Waals surface area contributed by atoms with Crippen LogP contribution < -0.4 is 0 Å². The highest BCUT2D eigenvalue weighted by atomic mass is 16.5. The van der Waals surface area contributed by atoms with E-state index in [0.717, 1.165) is 0 Å². The van der Waals surface area contributed by atoms with E-state index in [4.69, 9.17) is 15.6 Å². The van der Waals surface area contributed by atoms with Crippen LogP contribution in [0.15, 0.2) is 16.5 Å². The van der Waals surface area contributed by atoms with E-state index in [1.807, 2.05) is 0 Å². The van der Waals surface area contributed by atoms with E-state index in [9.17, 15) is 4.79 Å². The first-order chi connectivity index (χ1) is 5.86. The Morgan fingerprint density at radius 1 is 1.67 bits per heavy atom. The van der Waals surface area contributed by atoms with Crippen molar-refractivity contribution in [3.63, 3.8) is 0 Å². The Bertz CT molecular complexity index is 293. The summed E-state index contributed by atoms with van der Waals surface area (Å²) < 4.78 is 10.00.